The second-order valence-electron chi connectivity index (χ2n) is 3.45. The highest BCUT2D eigenvalue weighted by Crippen LogP contribution is 2.35. The van der Waals surface area contributed by atoms with E-state index in [1.807, 2.05) is 6.07 Å². The third-order valence-corrected chi connectivity index (χ3v) is 4.20. The van der Waals surface area contributed by atoms with Gasteiger partial charge in [0.05, 0.1) is 11.3 Å². The van der Waals surface area contributed by atoms with Crippen LogP contribution in [0.2, 0.25) is 0 Å². The highest BCUT2D eigenvalue weighted by molar-refractivity contribution is 8.23. The van der Waals surface area contributed by atoms with Gasteiger partial charge in [0, 0.05) is 11.3 Å². The van der Waals surface area contributed by atoms with Crippen molar-refractivity contribution in [1.82, 2.24) is 0 Å². The highest BCUT2D eigenvalue weighted by atomic mass is 32.2. The first kappa shape index (κ1) is 9.99. The van der Waals surface area contributed by atoms with Gasteiger partial charge in [0.25, 0.3) is 0 Å². The molecule has 1 atom stereocenters. The topological polar surface area (TPSA) is 9.23 Å². The summed E-state index contributed by atoms with van der Waals surface area (Å²) in [5.74, 6) is 2.57. The van der Waals surface area contributed by atoms with Crippen LogP contribution in [0, 0.1) is 0 Å². The first-order valence-electron chi connectivity index (χ1n) is 4.57. The summed E-state index contributed by atoms with van der Waals surface area (Å²) < 4.78 is 6.23. The first-order valence-corrected chi connectivity index (χ1v) is 5.97. The Morgan fingerprint density at radius 2 is 2.29 bits per heavy atom. The molecule has 14 heavy (non-hydrogen) atoms. The summed E-state index contributed by atoms with van der Waals surface area (Å²) in [6.07, 6.45) is 0. The second kappa shape index (κ2) is 3.91. The lowest BCUT2D eigenvalue weighted by Gasteiger charge is -2.22. The lowest BCUT2D eigenvalue weighted by Crippen LogP contribution is -2.12. The van der Waals surface area contributed by atoms with Crippen molar-refractivity contribution in [2.75, 3.05) is 12.9 Å². The Labute approximate surface area is 93.8 Å². The van der Waals surface area contributed by atoms with Crippen molar-refractivity contribution < 1.29 is 4.74 Å². The minimum Gasteiger partial charge on any atom is -0.497 e. The van der Waals surface area contributed by atoms with Crippen LogP contribution in [0.3, 0.4) is 0 Å². The van der Waals surface area contributed by atoms with E-state index in [4.69, 9.17) is 17.0 Å². The van der Waals surface area contributed by atoms with Crippen molar-refractivity contribution in [3.63, 3.8) is 0 Å². The maximum atomic E-state index is 5.32. The smallest absolute Gasteiger partial charge is 0.119 e. The minimum atomic E-state index is 0.566. The molecule has 74 valence electrons. The van der Waals surface area contributed by atoms with Crippen LogP contribution in [0.25, 0.3) is 0 Å². The molecule has 1 aliphatic rings. The van der Waals surface area contributed by atoms with Crippen LogP contribution in [0.15, 0.2) is 18.2 Å². The predicted octanol–water partition coefficient (Wildman–Crippen LogP) is 3.22. The van der Waals surface area contributed by atoms with Gasteiger partial charge in [-0.15, -0.1) is 11.8 Å². The summed E-state index contributed by atoms with van der Waals surface area (Å²) in [6, 6.07) is 6.15. The van der Waals surface area contributed by atoms with E-state index in [-0.39, 0.29) is 0 Å². The average molecular weight is 224 g/mol. The fraction of sp³-hybridized carbons (Fsp3) is 0.364. The van der Waals surface area contributed by atoms with Crippen LogP contribution in [0.4, 0.5) is 0 Å². The molecule has 1 aromatic rings. The normalized spacial score (nSPS) is 20.4. The first-order chi connectivity index (χ1) is 6.72. The number of thiocarbonyl (C=S) groups is 1. The van der Waals surface area contributed by atoms with Gasteiger partial charge in [0.2, 0.25) is 0 Å². The molecule has 0 saturated carbocycles. The van der Waals surface area contributed by atoms with Gasteiger partial charge in [-0.2, -0.15) is 0 Å². The van der Waals surface area contributed by atoms with Crippen LogP contribution in [0.1, 0.15) is 24.0 Å². The largest absolute Gasteiger partial charge is 0.497 e. The van der Waals surface area contributed by atoms with Crippen molar-refractivity contribution in [3.8, 4) is 5.75 Å². The van der Waals surface area contributed by atoms with Crippen LogP contribution in [-0.2, 0) is 0 Å². The monoisotopic (exact) mass is 224 g/mol. The van der Waals surface area contributed by atoms with Crippen LogP contribution < -0.4 is 4.74 Å². The number of fused-ring (bicyclic) bond motifs is 1. The molecule has 0 fully saturated rings. The SMILES string of the molecule is COc1ccc2c(c1)C(C)CSC2=S. The third kappa shape index (κ3) is 1.66. The molecule has 0 radical (unpaired) electrons. The second-order valence-corrected chi connectivity index (χ2v) is 5.15. The molecule has 0 aromatic heterocycles. The molecule has 0 N–H and O–H groups in total. The van der Waals surface area contributed by atoms with Crippen molar-refractivity contribution in [3.05, 3.63) is 29.3 Å². The molecule has 0 aliphatic carbocycles. The Hall–Kier alpha value is -0.540. The molecule has 1 aliphatic heterocycles. The maximum absolute atomic E-state index is 5.32. The number of hydrogen-bond acceptors (Lipinski definition) is 3. The molecule has 1 unspecified atom stereocenters. The molecule has 3 heteroatoms. The summed E-state index contributed by atoms with van der Waals surface area (Å²) in [6.45, 7) is 2.23. The quantitative estimate of drug-likeness (QED) is 0.678. The van der Waals surface area contributed by atoms with Gasteiger partial charge in [-0.1, -0.05) is 19.1 Å². The van der Waals surface area contributed by atoms with Gasteiger partial charge in [0.15, 0.2) is 0 Å². The van der Waals surface area contributed by atoms with Crippen molar-refractivity contribution in [2.24, 2.45) is 0 Å². The fourth-order valence-electron chi connectivity index (χ4n) is 1.63. The summed E-state index contributed by atoms with van der Waals surface area (Å²) in [7, 11) is 1.70. The Bertz CT molecular complexity index is 374. The Morgan fingerprint density at radius 3 is 3.00 bits per heavy atom. The molecule has 0 saturated heterocycles. The van der Waals surface area contributed by atoms with E-state index in [9.17, 15) is 0 Å². The van der Waals surface area contributed by atoms with E-state index >= 15 is 0 Å². The molecular formula is C11H12OS2. The fourth-order valence-corrected chi connectivity index (χ4v) is 2.94. The van der Waals surface area contributed by atoms with Crippen LogP contribution in [0.5, 0.6) is 5.75 Å². The van der Waals surface area contributed by atoms with Gasteiger partial charge in [-0.25, -0.2) is 0 Å². The maximum Gasteiger partial charge on any atom is 0.119 e. The van der Waals surface area contributed by atoms with Gasteiger partial charge in [0.1, 0.15) is 5.75 Å². The lowest BCUT2D eigenvalue weighted by atomic mass is 9.97. The summed E-state index contributed by atoms with van der Waals surface area (Å²) in [5.41, 5.74) is 2.54. The Morgan fingerprint density at radius 1 is 1.50 bits per heavy atom. The number of hydrogen-bond donors (Lipinski definition) is 0. The number of methoxy groups -OCH3 is 1. The molecule has 0 amide bonds. The zero-order chi connectivity index (χ0) is 10.1. The molecule has 1 heterocycles. The zero-order valence-electron chi connectivity index (χ0n) is 8.24. The van der Waals surface area contributed by atoms with E-state index in [2.05, 4.69) is 19.1 Å². The minimum absolute atomic E-state index is 0.566. The Balaban J connectivity index is 2.50. The predicted molar refractivity (Wildman–Crippen MR) is 65.6 cm³/mol. The summed E-state index contributed by atoms with van der Waals surface area (Å²) >= 11 is 7.09. The van der Waals surface area contributed by atoms with Gasteiger partial charge in [-0.3, -0.25) is 0 Å². The molecule has 0 spiro atoms. The molecule has 0 bridgehead atoms. The number of rotatable bonds is 1. The molecular weight excluding hydrogens is 212 g/mol. The van der Waals surface area contributed by atoms with Crippen molar-refractivity contribution in [1.29, 1.82) is 0 Å². The molecule has 1 aromatic carbocycles. The lowest BCUT2D eigenvalue weighted by molar-refractivity contribution is 0.414. The number of thioether (sulfide) groups is 1. The van der Waals surface area contributed by atoms with E-state index in [0.717, 1.165) is 15.7 Å². The van der Waals surface area contributed by atoms with E-state index in [0.29, 0.717) is 5.92 Å². The van der Waals surface area contributed by atoms with E-state index < -0.39 is 0 Å². The standard InChI is InChI=1S/C11H12OS2/c1-7-6-14-11(13)9-4-3-8(12-2)5-10(7)9/h3-5,7H,6H2,1-2H3. The summed E-state index contributed by atoms with van der Waals surface area (Å²) in [4.78, 5) is 0. The number of ether oxygens (including phenoxy) is 1. The number of benzene rings is 1. The molecule has 1 nitrogen and oxygen atoms in total. The molecule has 2 rings (SSSR count). The van der Waals surface area contributed by atoms with Gasteiger partial charge in [-0.05, 0) is 29.7 Å². The van der Waals surface area contributed by atoms with Crippen LogP contribution in [-0.4, -0.2) is 17.1 Å². The Kier molecular flexibility index (Phi) is 2.79. The van der Waals surface area contributed by atoms with Crippen molar-refractivity contribution in [2.45, 2.75) is 12.8 Å². The third-order valence-electron chi connectivity index (χ3n) is 2.47. The average Bonchev–Trinajstić information content (AvgIpc) is 2.23. The highest BCUT2D eigenvalue weighted by Gasteiger charge is 2.20. The van der Waals surface area contributed by atoms with Gasteiger partial charge >= 0.3 is 0 Å². The summed E-state index contributed by atoms with van der Waals surface area (Å²) in [5, 5.41) is 0. The van der Waals surface area contributed by atoms with E-state index in [1.54, 1.807) is 18.9 Å². The van der Waals surface area contributed by atoms with Gasteiger partial charge < -0.3 is 4.74 Å². The van der Waals surface area contributed by atoms with Crippen LogP contribution >= 0.6 is 24.0 Å². The van der Waals surface area contributed by atoms with Crippen molar-refractivity contribution >= 4 is 28.2 Å². The zero-order valence-corrected chi connectivity index (χ0v) is 9.87. The van der Waals surface area contributed by atoms with E-state index in [1.165, 1.54) is 11.1 Å².